The van der Waals surface area contributed by atoms with Crippen LogP contribution in [0.3, 0.4) is 0 Å². The van der Waals surface area contributed by atoms with E-state index in [1.165, 1.54) is 30.4 Å². The van der Waals surface area contributed by atoms with E-state index in [2.05, 4.69) is 0 Å². The van der Waals surface area contributed by atoms with Crippen LogP contribution in [0.25, 0.3) is 11.1 Å². The van der Waals surface area contributed by atoms with Crippen LogP contribution in [-0.4, -0.2) is 32.1 Å². The van der Waals surface area contributed by atoms with Crippen LogP contribution in [-0.2, 0) is 14.8 Å². The minimum absolute atomic E-state index is 0.0198. The van der Waals surface area contributed by atoms with E-state index in [0.717, 1.165) is 34.0 Å². The van der Waals surface area contributed by atoms with E-state index >= 15 is 0 Å². The molecule has 3 aromatic carbocycles. The van der Waals surface area contributed by atoms with Crippen molar-refractivity contribution < 1.29 is 18.0 Å². The Hall–Kier alpha value is -2.90. The highest BCUT2D eigenvalue weighted by Crippen LogP contribution is 2.33. The molecular formula is C25H25NO4S2. The molecule has 0 aromatic heterocycles. The molecule has 0 radical (unpaired) electrons. The predicted molar refractivity (Wildman–Crippen MR) is 131 cm³/mol. The largest absolute Gasteiger partial charge is 0.293 e. The van der Waals surface area contributed by atoms with Crippen molar-refractivity contribution in [1.82, 2.24) is 0 Å². The van der Waals surface area contributed by atoms with Gasteiger partial charge in [0.15, 0.2) is 10.9 Å². The fourth-order valence-corrected chi connectivity index (χ4v) is 5.29. The highest BCUT2D eigenvalue weighted by molar-refractivity contribution is 8.14. The second kappa shape index (κ2) is 9.71. The monoisotopic (exact) mass is 467 g/mol. The number of anilines is 1. The van der Waals surface area contributed by atoms with Crippen molar-refractivity contribution in [3.8, 4) is 11.1 Å². The van der Waals surface area contributed by atoms with Gasteiger partial charge in [-0.2, -0.15) is 0 Å². The number of carbonyl (C=O) groups is 2. The lowest BCUT2D eigenvalue weighted by molar-refractivity contribution is -0.109. The molecule has 0 atom stereocenters. The Morgan fingerprint density at radius 2 is 1.53 bits per heavy atom. The fourth-order valence-electron chi connectivity index (χ4n) is 3.56. The van der Waals surface area contributed by atoms with E-state index in [9.17, 15) is 18.0 Å². The molecule has 0 saturated carbocycles. The van der Waals surface area contributed by atoms with Crippen molar-refractivity contribution in [2.24, 2.45) is 0 Å². The summed E-state index contributed by atoms with van der Waals surface area (Å²) < 4.78 is 27.8. The number of benzene rings is 3. The van der Waals surface area contributed by atoms with E-state index in [4.69, 9.17) is 0 Å². The number of sulfonamides is 1. The molecule has 0 fully saturated rings. The number of aryl methyl sites for hydroxylation is 2. The average Bonchev–Trinajstić information content (AvgIpc) is 2.77. The van der Waals surface area contributed by atoms with E-state index in [-0.39, 0.29) is 27.1 Å². The number of thioether (sulfide) groups is 1. The third kappa shape index (κ3) is 5.11. The fraction of sp³-hybridized carbons (Fsp3) is 0.200. The summed E-state index contributed by atoms with van der Waals surface area (Å²) in [5, 5.41) is -0.161. The van der Waals surface area contributed by atoms with Crippen molar-refractivity contribution in [2.75, 3.05) is 17.1 Å². The van der Waals surface area contributed by atoms with Gasteiger partial charge in [-0.25, -0.2) is 8.42 Å². The van der Waals surface area contributed by atoms with E-state index < -0.39 is 10.0 Å². The van der Waals surface area contributed by atoms with Crippen LogP contribution in [0.1, 0.15) is 28.4 Å². The standard InChI is InChI=1S/C25H25NO4S2/c1-17-13-22(14-18(2)25(17)20-9-6-5-7-10-20)26(4)32(29,30)23-12-8-11-21(15-23)24(28)16-31-19(3)27/h5-15H,16H2,1-4H3. The van der Waals surface area contributed by atoms with Crippen molar-refractivity contribution in [3.05, 3.63) is 83.4 Å². The van der Waals surface area contributed by atoms with Crippen LogP contribution in [0, 0.1) is 13.8 Å². The lowest BCUT2D eigenvalue weighted by Gasteiger charge is -2.22. The minimum Gasteiger partial charge on any atom is -0.293 e. The molecule has 0 unspecified atom stereocenters. The summed E-state index contributed by atoms with van der Waals surface area (Å²) in [6.45, 7) is 5.32. The average molecular weight is 468 g/mol. The van der Waals surface area contributed by atoms with Crippen molar-refractivity contribution in [3.63, 3.8) is 0 Å². The molecular weight excluding hydrogens is 442 g/mol. The molecule has 3 rings (SSSR count). The summed E-state index contributed by atoms with van der Waals surface area (Å²) in [7, 11) is -2.38. The number of ketones is 1. The van der Waals surface area contributed by atoms with Crippen LogP contribution >= 0.6 is 11.8 Å². The molecule has 0 saturated heterocycles. The molecule has 0 heterocycles. The molecule has 32 heavy (non-hydrogen) atoms. The smallest absolute Gasteiger partial charge is 0.264 e. The van der Waals surface area contributed by atoms with Gasteiger partial charge in [0, 0.05) is 19.5 Å². The minimum atomic E-state index is -3.88. The van der Waals surface area contributed by atoms with Crippen molar-refractivity contribution in [1.29, 1.82) is 0 Å². The van der Waals surface area contributed by atoms with E-state index in [1.807, 2.05) is 56.3 Å². The molecule has 5 nitrogen and oxygen atoms in total. The van der Waals surface area contributed by atoms with Gasteiger partial charge >= 0.3 is 0 Å². The van der Waals surface area contributed by atoms with Gasteiger partial charge in [-0.05, 0) is 60.4 Å². The number of nitrogens with zero attached hydrogens (tertiary/aromatic N) is 1. The molecule has 0 spiro atoms. The molecule has 0 bridgehead atoms. The van der Waals surface area contributed by atoms with Gasteiger partial charge in [0.1, 0.15) is 0 Å². The Morgan fingerprint density at radius 1 is 0.906 bits per heavy atom. The molecule has 0 aliphatic rings. The maximum atomic E-state index is 13.3. The Morgan fingerprint density at radius 3 is 2.12 bits per heavy atom. The van der Waals surface area contributed by atoms with Crippen molar-refractivity contribution >= 4 is 38.4 Å². The highest BCUT2D eigenvalue weighted by Gasteiger charge is 2.23. The van der Waals surface area contributed by atoms with Gasteiger partial charge < -0.3 is 0 Å². The first-order valence-electron chi connectivity index (χ1n) is 10.0. The molecule has 0 aliphatic carbocycles. The first-order valence-corrected chi connectivity index (χ1v) is 12.5. The second-order valence-corrected chi connectivity index (χ2v) is 10.6. The number of hydrogen-bond acceptors (Lipinski definition) is 5. The van der Waals surface area contributed by atoms with Crippen molar-refractivity contribution in [2.45, 2.75) is 25.7 Å². The van der Waals surface area contributed by atoms with Gasteiger partial charge in [-0.3, -0.25) is 13.9 Å². The summed E-state index contributed by atoms with van der Waals surface area (Å²) in [6, 6.07) is 19.6. The Labute approximate surface area is 193 Å². The zero-order valence-corrected chi connectivity index (χ0v) is 20.1. The van der Waals surface area contributed by atoms with E-state index in [1.54, 1.807) is 12.1 Å². The number of rotatable bonds is 7. The third-order valence-corrected chi connectivity index (χ3v) is 7.76. The topological polar surface area (TPSA) is 71.5 Å². The van der Waals surface area contributed by atoms with Crippen LogP contribution < -0.4 is 4.31 Å². The Balaban J connectivity index is 1.94. The van der Waals surface area contributed by atoms with Gasteiger partial charge in [0.25, 0.3) is 10.0 Å². The third-order valence-electron chi connectivity index (χ3n) is 5.16. The number of Topliss-reactive ketones (excluding diaryl/α,β-unsaturated/α-hetero) is 1. The lowest BCUT2D eigenvalue weighted by Crippen LogP contribution is -2.27. The Kier molecular flexibility index (Phi) is 7.21. The molecule has 3 aromatic rings. The Bertz CT molecular complexity index is 1250. The summed E-state index contributed by atoms with van der Waals surface area (Å²) in [4.78, 5) is 23.5. The molecule has 166 valence electrons. The molecule has 7 heteroatoms. The zero-order valence-electron chi connectivity index (χ0n) is 18.5. The highest BCUT2D eigenvalue weighted by atomic mass is 32.2. The van der Waals surface area contributed by atoms with Gasteiger partial charge in [0.05, 0.1) is 16.3 Å². The molecule has 0 amide bonds. The first kappa shape index (κ1) is 23.8. The predicted octanol–water partition coefficient (Wildman–Crippen LogP) is 5.26. The zero-order chi connectivity index (χ0) is 23.5. The van der Waals surface area contributed by atoms with Gasteiger partial charge in [0.2, 0.25) is 0 Å². The summed E-state index contributed by atoms with van der Waals surface area (Å²) in [6.07, 6.45) is 0. The summed E-state index contributed by atoms with van der Waals surface area (Å²) in [5.41, 5.74) is 4.91. The number of hydrogen-bond donors (Lipinski definition) is 0. The molecule has 0 aliphatic heterocycles. The summed E-state index contributed by atoms with van der Waals surface area (Å²) in [5.74, 6) is -0.308. The van der Waals surface area contributed by atoms with Crippen LogP contribution in [0.2, 0.25) is 0 Å². The van der Waals surface area contributed by atoms with Crippen LogP contribution in [0.4, 0.5) is 5.69 Å². The van der Waals surface area contributed by atoms with Gasteiger partial charge in [-0.15, -0.1) is 0 Å². The summed E-state index contributed by atoms with van der Waals surface area (Å²) >= 11 is 0.905. The second-order valence-electron chi connectivity index (χ2n) is 7.52. The lowest BCUT2D eigenvalue weighted by atomic mass is 9.95. The van der Waals surface area contributed by atoms with Crippen LogP contribution in [0.15, 0.2) is 71.6 Å². The number of carbonyl (C=O) groups excluding carboxylic acids is 2. The quantitative estimate of drug-likeness (QED) is 0.443. The normalized spacial score (nSPS) is 11.2. The maximum absolute atomic E-state index is 13.3. The van der Waals surface area contributed by atoms with Gasteiger partial charge in [-0.1, -0.05) is 54.2 Å². The maximum Gasteiger partial charge on any atom is 0.264 e. The first-order chi connectivity index (χ1) is 15.1. The van der Waals surface area contributed by atoms with Crippen LogP contribution in [0.5, 0.6) is 0 Å². The molecule has 0 N–H and O–H groups in total. The SMILES string of the molecule is CC(=O)SCC(=O)c1cccc(S(=O)(=O)N(C)c2cc(C)c(-c3ccccc3)c(C)c2)c1. The van der Waals surface area contributed by atoms with E-state index in [0.29, 0.717) is 5.69 Å².